The number of hydrogen-bond acceptors (Lipinski definition) is 3. The van der Waals surface area contributed by atoms with Gasteiger partial charge >= 0.3 is 12.1 Å². The van der Waals surface area contributed by atoms with Crippen LogP contribution in [0.2, 0.25) is 0 Å². The summed E-state index contributed by atoms with van der Waals surface area (Å²) in [5.74, 6) is -1.98. The lowest BCUT2D eigenvalue weighted by Gasteiger charge is -2.58. The van der Waals surface area contributed by atoms with Crippen LogP contribution < -0.4 is 9.80 Å². The van der Waals surface area contributed by atoms with E-state index in [0.29, 0.717) is 18.5 Å². The molecular weight excluding hydrogens is 335 g/mol. The molecule has 1 aliphatic heterocycles. The van der Waals surface area contributed by atoms with Crippen molar-refractivity contribution < 1.29 is 27.8 Å². The predicted octanol–water partition coefficient (Wildman–Crippen LogP) is 2.29. The van der Waals surface area contributed by atoms with Crippen molar-refractivity contribution in [1.29, 1.82) is 0 Å². The van der Waals surface area contributed by atoms with Crippen LogP contribution in [0.4, 0.5) is 13.2 Å². The molecule has 0 spiro atoms. The van der Waals surface area contributed by atoms with Crippen LogP contribution in [-0.2, 0) is 16.6 Å². The summed E-state index contributed by atoms with van der Waals surface area (Å²) in [6.07, 6.45) is 0.179. The minimum absolute atomic E-state index is 0.0390. The summed E-state index contributed by atoms with van der Waals surface area (Å²) < 4.78 is 42.5. The van der Waals surface area contributed by atoms with Crippen molar-refractivity contribution >= 4 is 5.97 Å². The van der Waals surface area contributed by atoms with Crippen LogP contribution in [0.1, 0.15) is 43.2 Å². The molecular formula is C18H20F3NO3. The van der Waals surface area contributed by atoms with Gasteiger partial charge in [-0.2, -0.15) is 13.2 Å². The number of nitrogens with one attached hydrogen (secondary N) is 1. The van der Waals surface area contributed by atoms with E-state index < -0.39 is 12.1 Å². The second kappa shape index (κ2) is 5.71. The number of carbonyl (C=O) groups is 1. The van der Waals surface area contributed by atoms with Gasteiger partial charge in [-0.25, -0.2) is 4.79 Å². The fraction of sp³-hybridized carbons (Fsp3) is 0.611. The van der Waals surface area contributed by atoms with E-state index in [4.69, 9.17) is 0 Å². The van der Waals surface area contributed by atoms with Crippen LogP contribution >= 0.6 is 0 Å². The Balaban J connectivity index is 1.78. The van der Waals surface area contributed by atoms with E-state index in [0.717, 1.165) is 37.7 Å². The molecule has 1 saturated carbocycles. The number of halogens is 3. The van der Waals surface area contributed by atoms with Gasteiger partial charge in [0.05, 0.1) is 12.6 Å². The Morgan fingerprint density at radius 3 is 2.84 bits per heavy atom. The fourth-order valence-electron chi connectivity index (χ4n) is 5.36. The first-order chi connectivity index (χ1) is 11.8. The van der Waals surface area contributed by atoms with E-state index >= 15 is 0 Å². The Morgan fingerprint density at radius 2 is 2.08 bits per heavy atom. The van der Waals surface area contributed by atoms with Crippen LogP contribution in [0.25, 0.3) is 0 Å². The lowest BCUT2D eigenvalue weighted by Crippen LogP contribution is -3.15. The lowest BCUT2D eigenvalue weighted by molar-refractivity contribution is -0.889. The van der Waals surface area contributed by atoms with Crippen LogP contribution in [0.3, 0.4) is 0 Å². The monoisotopic (exact) mass is 355 g/mol. The molecule has 7 heteroatoms. The molecule has 25 heavy (non-hydrogen) atoms. The summed E-state index contributed by atoms with van der Waals surface area (Å²) in [5, 5.41) is 12.7. The standard InChI is InChI=1S/C18H20F3NO3/c19-18(20,21)16(23)25-15-6-3-5-12-11(15)10-14-13-4-1-2-7-17(12,13)8-9-22(14)24/h3,5-6,13-14,22H,1-2,4,7-10H2/t13-,14+,17-/m0/s1. The van der Waals surface area contributed by atoms with Crippen molar-refractivity contribution in [3.63, 3.8) is 0 Å². The van der Waals surface area contributed by atoms with Crippen LogP contribution in [0.5, 0.6) is 5.75 Å². The number of ether oxygens (including phenoxy) is 1. The van der Waals surface area contributed by atoms with Crippen molar-refractivity contribution in [2.45, 2.75) is 56.2 Å². The van der Waals surface area contributed by atoms with Crippen molar-refractivity contribution in [2.75, 3.05) is 6.54 Å². The Labute approximate surface area is 143 Å². The molecule has 3 aliphatic rings. The first-order valence-electron chi connectivity index (χ1n) is 8.77. The fourth-order valence-corrected chi connectivity index (χ4v) is 5.36. The summed E-state index contributed by atoms with van der Waals surface area (Å²) in [4.78, 5) is 11.3. The lowest BCUT2D eigenvalue weighted by atomic mass is 9.52. The minimum atomic E-state index is -5.03. The zero-order valence-electron chi connectivity index (χ0n) is 13.7. The van der Waals surface area contributed by atoms with Gasteiger partial charge in [0.2, 0.25) is 0 Å². The number of rotatable bonds is 1. The normalized spacial score (nSPS) is 34.0. The Bertz CT molecular complexity index is 705. The molecule has 4 rings (SSSR count). The highest BCUT2D eigenvalue weighted by Gasteiger charge is 2.55. The molecule has 0 aromatic heterocycles. The van der Waals surface area contributed by atoms with E-state index in [1.165, 1.54) is 6.07 Å². The van der Waals surface area contributed by atoms with E-state index in [1.807, 2.05) is 6.07 Å². The van der Waals surface area contributed by atoms with Crippen molar-refractivity contribution in [3.05, 3.63) is 34.5 Å². The first-order valence-corrected chi connectivity index (χ1v) is 8.77. The van der Waals surface area contributed by atoms with E-state index in [-0.39, 0.29) is 28.2 Å². The highest BCUT2D eigenvalue weighted by atomic mass is 19.4. The van der Waals surface area contributed by atoms with Gasteiger partial charge in [0.25, 0.3) is 0 Å². The zero-order chi connectivity index (χ0) is 17.8. The van der Waals surface area contributed by atoms with Crippen LogP contribution in [0, 0.1) is 11.1 Å². The molecule has 2 bridgehead atoms. The predicted molar refractivity (Wildman–Crippen MR) is 83.1 cm³/mol. The largest absolute Gasteiger partial charge is 0.634 e. The summed E-state index contributed by atoms with van der Waals surface area (Å²) in [5.41, 5.74) is 1.47. The molecule has 0 amide bonds. The average Bonchev–Trinajstić information content (AvgIpc) is 2.58. The molecule has 2 aliphatic carbocycles. The number of esters is 1. The topological polar surface area (TPSA) is 53.8 Å². The van der Waals surface area contributed by atoms with Crippen LogP contribution in [0.15, 0.2) is 18.2 Å². The summed E-state index contributed by atoms with van der Waals surface area (Å²) in [6, 6.07) is 4.86. The average molecular weight is 355 g/mol. The summed E-state index contributed by atoms with van der Waals surface area (Å²) in [6.45, 7) is 0.535. The Hall–Kier alpha value is -1.60. The van der Waals surface area contributed by atoms with Gasteiger partial charge in [0, 0.05) is 29.7 Å². The molecule has 1 N–H and O–H groups in total. The molecule has 1 heterocycles. The molecule has 1 saturated heterocycles. The highest BCUT2D eigenvalue weighted by molar-refractivity contribution is 5.78. The quantitative estimate of drug-likeness (QED) is 0.478. The third-order valence-corrected chi connectivity index (χ3v) is 6.34. The second-order valence-corrected chi connectivity index (χ2v) is 7.45. The Kier molecular flexibility index (Phi) is 3.85. The third-order valence-electron chi connectivity index (χ3n) is 6.34. The molecule has 136 valence electrons. The SMILES string of the molecule is O=C(Oc1cccc2c1C[C@@H]1[C@@H]3CCCC[C@]23CC[NH+]1[O-])C(F)(F)F. The van der Waals surface area contributed by atoms with Crippen molar-refractivity contribution in [1.82, 2.24) is 0 Å². The Morgan fingerprint density at radius 1 is 1.28 bits per heavy atom. The number of fused-ring (bicyclic) bond motifs is 1. The van der Waals surface area contributed by atoms with Crippen LogP contribution in [-0.4, -0.2) is 24.7 Å². The maximum absolute atomic E-state index is 12.6. The summed E-state index contributed by atoms with van der Waals surface area (Å²) >= 11 is 0. The molecule has 1 aromatic carbocycles. The van der Waals surface area contributed by atoms with Gasteiger partial charge in [0.15, 0.2) is 0 Å². The van der Waals surface area contributed by atoms with E-state index in [2.05, 4.69) is 4.74 Å². The number of quaternary nitrogens is 1. The number of piperidine rings is 1. The zero-order valence-corrected chi connectivity index (χ0v) is 13.7. The second-order valence-electron chi connectivity index (χ2n) is 7.45. The van der Waals surface area contributed by atoms with Crippen molar-refractivity contribution in [3.8, 4) is 5.75 Å². The van der Waals surface area contributed by atoms with Gasteiger partial charge in [-0.05, 0) is 24.5 Å². The van der Waals surface area contributed by atoms with E-state index in [9.17, 15) is 23.2 Å². The number of hydroxylamine groups is 2. The van der Waals surface area contributed by atoms with Gasteiger partial charge in [-0.1, -0.05) is 25.0 Å². The smallest absolute Gasteiger partial charge is 0.491 e. The number of hydrogen-bond donors (Lipinski definition) is 1. The minimum Gasteiger partial charge on any atom is -0.634 e. The molecule has 4 nitrogen and oxygen atoms in total. The summed E-state index contributed by atoms with van der Waals surface area (Å²) in [7, 11) is 0. The van der Waals surface area contributed by atoms with Gasteiger partial charge < -0.3 is 15.0 Å². The van der Waals surface area contributed by atoms with Gasteiger partial charge in [-0.15, -0.1) is 0 Å². The number of benzene rings is 1. The van der Waals surface area contributed by atoms with Gasteiger partial charge in [0.1, 0.15) is 5.75 Å². The maximum atomic E-state index is 12.6. The molecule has 4 atom stereocenters. The molecule has 1 unspecified atom stereocenters. The molecule has 1 aromatic rings. The first kappa shape index (κ1) is 16.8. The number of carbonyl (C=O) groups excluding carboxylic acids is 1. The highest BCUT2D eigenvalue weighted by Crippen LogP contribution is 2.54. The molecule has 0 radical (unpaired) electrons. The van der Waals surface area contributed by atoms with Crippen molar-refractivity contribution in [2.24, 2.45) is 5.92 Å². The maximum Gasteiger partial charge on any atom is 0.491 e. The van der Waals surface area contributed by atoms with E-state index in [1.54, 1.807) is 6.07 Å². The van der Waals surface area contributed by atoms with Gasteiger partial charge in [-0.3, -0.25) is 0 Å². The third kappa shape index (κ3) is 2.56. The molecule has 2 fully saturated rings. The number of alkyl halides is 3.